The minimum absolute atomic E-state index is 0.886. The third-order valence-corrected chi connectivity index (χ3v) is 5.55. The lowest BCUT2D eigenvalue weighted by molar-refractivity contribution is 1.46. The predicted octanol–water partition coefficient (Wildman–Crippen LogP) is 6.94. The van der Waals surface area contributed by atoms with E-state index in [0.29, 0.717) is 0 Å². The molecule has 0 spiro atoms. The molecule has 0 aliphatic carbocycles. The van der Waals surface area contributed by atoms with Gasteiger partial charge in [-0.25, -0.2) is 0 Å². The highest BCUT2D eigenvalue weighted by molar-refractivity contribution is 9.08. The van der Waals surface area contributed by atoms with Gasteiger partial charge in [-0.1, -0.05) is 80.4 Å². The van der Waals surface area contributed by atoms with Crippen molar-refractivity contribution in [3.63, 3.8) is 0 Å². The smallest absolute Gasteiger partial charge is 0.0283 e. The lowest BCUT2D eigenvalue weighted by atomic mass is 9.95. The summed E-state index contributed by atoms with van der Waals surface area (Å²) in [6.45, 7) is 0. The summed E-state index contributed by atoms with van der Waals surface area (Å²) in [7, 11) is 0. The number of fused-ring (bicyclic) bond motifs is 5. The maximum absolute atomic E-state index is 3.57. The Bertz CT molecular complexity index is 924. The summed E-state index contributed by atoms with van der Waals surface area (Å²) in [5, 5.41) is 9.72. The van der Waals surface area contributed by atoms with Crippen LogP contribution in [-0.4, -0.2) is 0 Å². The topological polar surface area (TPSA) is 0 Å². The van der Waals surface area contributed by atoms with Crippen LogP contribution in [-0.2, 0) is 10.7 Å². The molecule has 0 aliphatic heterocycles. The van der Waals surface area contributed by atoms with Crippen molar-refractivity contribution in [3.05, 3.63) is 71.8 Å². The molecule has 22 heavy (non-hydrogen) atoms. The van der Waals surface area contributed by atoms with E-state index in [1.54, 1.807) is 0 Å². The fourth-order valence-corrected chi connectivity index (χ4v) is 3.83. The molecule has 4 aromatic carbocycles. The molecule has 108 valence electrons. The molecular formula is C20H14Br2. The van der Waals surface area contributed by atoms with Crippen molar-refractivity contribution in [2.45, 2.75) is 10.7 Å². The van der Waals surface area contributed by atoms with Crippen molar-refractivity contribution >= 4 is 64.2 Å². The van der Waals surface area contributed by atoms with Crippen molar-refractivity contribution in [2.24, 2.45) is 0 Å². The van der Waals surface area contributed by atoms with Crippen molar-refractivity contribution in [2.75, 3.05) is 0 Å². The van der Waals surface area contributed by atoms with Gasteiger partial charge in [0, 0.05) is 10.7 Å². The van der Waals surface area contributed by atoms with Crippen molar-refractivity contribution < 1.29 is 0 Å². The van der Waals surface area contributed by atoms with Crippen LogP contribution in [0.3, 0.4) is 0 Å². The molecule has 0 radical (unpaired) electrons. The van der Waals surface area contributed by atoms with Gasteiger partial charge < -0.3 is 0 Å². The van der Waals surface area contributed by atoms with Crippen LogP contribution in [0.2, 0.25) is 0 Å². The van der Waals surface area contributed by atoms with Crippen LogP contribution in [0.5, 0.6) is 0 Å². The first-order chi connectivity index (χ1) is 10.8. The minimum atomic E-state index is 0.886. The van der Waals surface area contributed by atoms with Gasteiger partial charge in [-0.15, -0.1) is 0 Å². The Morgan fingerprint density at radius 1 is 0.545 bits per heavy atom. The minimum Gasteiger partial charge on any atom is -0.0876 e. The highest BCUT2D eigenvalue weighted by atomic mass is 79.9. The van der Waals surface area contributed by atoms with Crippen molar-refractivity contribution in [1.29, 1.82) is 0 Å². The second kappa shape index (κ2) is 5.68. The molecule has 0 nitrogen and oxygen atoms in total. The van der Waals surface area contributed by atoms with Gasteiger partial charge >= 0.3 is 0 Å². The first kappa shape index (κ1) is 14.2. The number of benzene rings is 4. The summed E-state index contributed by atoms with van der Waals surface area (Å²) in [5.74, 6) is 0. The number of halogens is 2. The number of hydrogen-bond acceptors (Lipinski definition) is 0. The van der Waals surface area contributed by atoms with Crippen LogP contribution < -0.4 is 0 Å². The van der Waals surface area contributed by atoms with E-state index in [-0.39, 0.29) is 0 Å². The monoisotopic (exact) mass is 412 g/mol. The molecule has 0 aromatic heterocycles. The molecule has 4 rings (SSSR count). The number of hydrogen-bond donors (Lipinski definition) is 0. The summed E-state index contributed by atoms with van der Waals surface area (Å²) in [6, 6.07) is 22.3. The van der Waals surface area contributed by atoms with Gasteiger partial charge in [0.1, 0.15) is 0 Å². The molecule has 0 saturated carbocycles. The summed E-state index contributed by atoms with van der Waals surface area (Å²) in [5.41, 5.74) is 2.63. The fraction of sp³-hybridized carbons (Fsp3) is 0.100. The molecular weight excluding hydrogens is 400 g/mol. The average Bonchev–Trinajstić information content (AvgIpc) is 2.59. The zero-order valence-electron chi connectivity index (χ0n) is 11.9. The SMILES string of the molecule is BrCc1ccc2ccc3ccc4ccc(CBr)cc4c3c2c1. The van der Waals surface area contributed by atoms with Crippen LogP contribution in [0.15, 0.2) is 60.7 Å². The lowest BCUT2D eigenvalue weighted by Gasteiger charge is -2.10. The molecule has 0 N–H and O–H groups in total. The largest absolute Gasteiger partial charge is 0.0876 e. The van der Waals surface area contributed by atoms with E-state index in [1.807, 2.05) is 0 Å². The van der Waals surface area contributed by atoms with Gasteiger partial charge in [-0.3, -0.25) is 0 Å². The Labute approximate surface area is 146 Å². The van der Waals surface area contributed by atoms with Crippen molar-refractivity contribution in [1.82, 2.24) is 0 Å². The Hall–Kier alpha value is -1.38. The number of alkyl halides is 2. The third kappa shape index (κ3) is 2.26. The molecule has 0 aliphatic rings. The molecule has 0 bridgehead atoms. The van der Waals surface area contributed by atoms with Crippen LogP contribution in [0.4, 0.5) is 0 Å². The maximum Gasteiger partial charge on any atom is 0.0283 e. The van der Waals surface area contributed by atoms with E-state index in [2.05, 4.69) is 92.5 Å². The Morgan fingerprint density at radius 2 is 0.955 bits per heavy atom. The molecule has 0 unspecified atom stereocenters. The highest BCUT2D eigenvalue weighted by Crippen LogP contribution is 2.33. The van der Waals surface area contributed by atoms with Gasteiger partial charge in [0.15, 0.2) is 0 Å². The average molecular weight is 414 g/mol. The number of rotatable bonds is 2. The van der Waals surface area contributed by atoms with Crippen molar-refractivity contribution in [3.8, 4) is 0 Å². The van der Waals surface area contributed by atoms with E-state index >= 15 is 0 Å². The normalized spacial score (nSPS) is 11.5. The van der Waals surface area contributed by atoms with E-state index in [0.717, 1.165) is 10.7 Å². The molecule has 0 heterocycles. The molecule has 0 fully saturated rings. The molecule has 0 saturated heterocycles. The maximum atomic E-state index is 3.57. The summed E-state index contributed by atoms with van der Waals surface area (Å²) in [4.78, 5) is 0. The van der Waals surface area contributed by atoms with Gasteiger partial charge in [-0.05, 0) is 55.6 Å². The fourth-order valence-electron chi connectivity index (χ4n) is 3.13. The molecule has 2 heteroatoms. The zero-order valence-corrected chi connectivity index (χ0v) is 15.1. The zero-order chi connectivity index (χ0) is 15.1. The third-order valence-electron chi connectivity index (χ3n) is 4.26. The Kier molecular flexibility index (Phi) is 3.67. The lowest BCUT2D eigenvalue weighted by Crippen LogP contribution is -1.85. The van der Waals surface area contributed by atoms with Crippen LogP contribution in [0.1, 0.15) is 11.1 Å². The summed E-state index contributed by atoms with van der Waals surface area (Å²) < 4.78 is 0. The first-order valence-corrected chi connectivity index (χ1v) is 9.53. The van der Waals surface area contributed by atoms with E-state index in [1.165, 1.54) is 43.4 Å². The Morgan fingerprint density at radius 3 is 1.41 bits per heavy atom. The van der Waals surface area contributed by atoms with Crippen LogP contribution in [0.25, 0.3) is 32.3 Å². The predicted molar refractivity (Wildman–Crippen MR) is 104 cm³/mol. The second-order valence-electron chi connectivity index (χ2n) is 5.61. The quantitative estimate of drug-likeness (QED) is 0.246. The van der Waals surface area contributed by atoms with E-state index < -0.39 is 0 Å². The molecule has 0 amide bonds. The Balaban J connectivity index is 2.23. The first-order valence-electron chi connectivity index (χ1n) is 7.29. The van der Waals surface area contributed by atoms with Crippen LogP contribution >= 0.6 is 31.9 Å². The van der Waals surface area contributed by atoms with Gasteiger partial charge in [0.25, 0.3) is 0 Å². The highest BCUT2D eigenvalue weighted by Gasteiger charge is 2.07. The molecule has 4 aromatic rings. The van der Waals surface area contributed by atoms with Crippen LogP contribution in [0, 0.1) is 0 Å². The van der Waals surface area contributed by atoms with E-state index in [4.69, 9.17) is 0 Å². The summed E-state index contributed by atoms with van der Waals surface area (Å²) >= 11 is 7.15. The second-order valence-corrected chi connectivity index (χ2v) is 6.73. The standard InChI is InChI=1S/C20H14Br2/c21-11-13-1-3-15-5-7-17-8-6-16-4-2-14(12-22)10-19(16)20(17)18(15)9-13/h1-10H,11-12H2. The van der Waals surface area contributed by atoms with Gasteiger partial charge in [0.05, 0.1) is 0 Å². The summed E-state index contributed by atoms with van der Waals surface area (Å²) in [6.07, 6.45) is 0. The van der Waals surface area contributed by atoms with Gasteiger partial charge in [0.2, 0.25) is 0 Å². The van der Waals surface area contributed by atoms with E-state index in [9.17, 15) is 0 Å². The van der Waals surface area contributed by atoms with Gasteiger partial charge in [-0.2, -0.15) is 0 Å². The molecule has 0 atom stereocenters.